The molecule has 0 saturated heterocycles. The minimum absolute atomic E-state index is 0.0532. The molecule has 39 heavy (non-hydrogen) atoms. The first-order valence-corrected chi connectivity index (χ1v) is 12.9. The van der Waals surface area contributed by atoms with Crippen molar-refractivity contribution in [2.24, 2.45) is 0 Å². The number of fused-ring (bicyclic) bond motifs is 3. The average Bonchev–Trinajstić information content (AvgIpc) is 3.24. The van der Waals surface area contributed by atoms with Gasteiger partial charge in [0, 0.05) is 16.6 Å². The van der Waals surface area contributed by atoms with Crippen LogP contribution in [0.1, 0.15) is 16.7 Å². The third-order valence-electron chi connectivity index (χ3n) is 6.10. The zero-order chi connectivity index (χ0) is 27.9. The largest absolute Gasteiger partial charge is 0.573 e. The number of nitrogens with zero attached hydrogens (tertiary/aromatic N) is 2. The van der Waals surface area contributed by atoms with Crippen LogP contribution in [0, 0.1) is 20.8 Å². The van der Waals surface area contributed by atoms with Crippen molar-refractivity contribution < 1.29 is 22.7 Å². The van der Waals surface area contributed by atoms with Crippen molar-refractivity contribution in [3.05, 3.63) is 87.7 Å². The number of carbonyl (C=O) groups is 1. The molecule has 7 nitrogen and oxygen atoms in total. The molecule has 5 rings (SSSR count). The summed E-state index contributed by atoms with van der Waals surface area (Å²) in [6, 6.07) is 16.2. The van der Waals surface area contributed by atoms with Gasteiger partial charge in [0.25, 0.3) is 5.56 Å². The summed E-state index contributed by atoms with van der Waals surface area (Å²) in [5, 5.41) is 3.89. The SMILES string of the molecule is Cc1cc(C)c(NC(=O)CSc2nc3c([nH]c4ccccc43)c(=O)n2-c2ccc(OC(F)(F)F)cc2)c(C)c1. The van der Waals surface area contributed by atoms with Gasteiger partial charge in [-0.15, -0.1) is 13.2 Å². The summed E-state index contributed by atoms with van der Waals surface area (Å²) in [5.74, 6) is -0.761. The van der Waals surface area contributed by atoms with Crippen LogP contribution in [0.25, 0.3) is 27.6 Å². The van der Waals surface area contributed by atoms with E-state index in [2.05, 4.69) is 15.0 Å². The van der Waals surface area contributed by atoms with Gasteiger partial charge in [-0.2, -0.15) is 0 Å². The summed E-state index contributed by atoms with van der Waals surface area (Å²) in [7, 11) is 0. The first-order chi connectivity index (χ1) is 18.5. The smallest absolute Gasteiger partial charge is 0.406 e. The number of thioether (sulfide) groups is 1. The molecule has 2 aromatic heterocycles. The predicted octanol–water partition coefficient (Wildman–Crippen LogP) is 6.42. The molecule has 0 unspecified atom stereocenters. The minimum Gasteiger partial charge on any atom is -0.406 e. The van der Waals surface area contributed by atoms with Gasteiger partial charge in [0.1, 0.15) is 16.8 Å². The first kappa shape index (κ1) is 26.4. The maximum atomic E-state index is 13.7. The topological polar surface area (TPSA) is 89.0 Å². The normalized spacial score (nSPS) is 11.7. The van der Waals surface area contributed by atoms with Crippen LogP contribution in [0.4, 0.5) is 18.9 Å². The number of para-hydroxylation sites is 1. The van der Waals surface area contributed by atoms with Gasteiger partial charge in [0.15, 0.2) is 5.16 Å². The van der Waals surface area contributed by atoms with Crippen LogP contribution in [0.3, 0.4) is 0 Å². The van der Waals surface area contributed by atoms with E-state index in [1.807, 2.05) is 57.2 Å². The summed E-state index contributed by atoms with van der Waals surface area (Å²) in [5.41, 5.74) is 4.90. The Balaban J connectivity index is 1.53. The number of aryl methyl sites for hydroxylation is 3. The molecule has 0 aliphatic rings. The number of aromatic nitrogens is 3. The number of hydrogen-bond donors (Lipinski definition) is 2. The standard InChI is InChI=1S/C28H23F3N4O3S/c1-15-12-16(2)23(17(3)13-15)33-22(36)14-39-27-34-24-20-6-4-5-7-21(20)32-25(24)26(37)35(27)18-8-10-19(11-9-18)38-28(29,30)31/h4-13,32H,14H2,1-3H3,(H,33,36). The Morgan fingerprint density at radius 1 is 1.05 bits per heavy atom. The van der Waals surface area contributed by atoms with Gasteiger partial charge in [0.2, 0.25) is 5.91 Å². The van der Waals surface area contributed by atoms with Gasteiger partial charge in [-0.3, -0.25) is 14.2 Å². The number of alkyl halides is 3. The Morgan fingerprint density at radius 3 is 2.38 bits per heavy atom. The molecule has 0 spiro atoms. The number of ether oxygens (including phenoxy) is 1. The van der Waals surface area contributed by atoms with E-state index >= 15 is 0 Å². The van der Waals surface area contributed by atoms with Crippen LogP contribution in [0.5, 0.6) is 5.75 Å². The number of hydrogen-bond acceptors (Lipinski definition) is 5. The van der Waals surface area contributed by atoms with Gasteiger partial charge >= 0.3 is 6.36 Å². The number of rotatable bonds is 6. The number of halogens is 3. The molecule has 0 bridgehead atoms. The fourth-order valence-electron chi connectivity index (χ4n) is 4.55. The Morgan fingerprint density at radius 2 is 1.72 bits per heavy atom. The Hall–Kier alpha value is -4.25. The van der Waals surface area contributed by atoms with E-state index in [-0.39, 0.29) is 28.0 Å². The van der Waals surface area contributed by atoms with E-state index in [0.717, 1.165) is 51.7 Å². The van der Waals surface area contributed by atoms with Crippen molar-refractivity contribution >= 4 is 45.3 Å². The summed E-state index contributed by atoms with van der Waals surface area (Å²) in [4.78, 5) is 34.4. The molecule has 3 aromatic carbocycles. The van der Waals surface area contributed by atoms with E-state index in [1.165, 1.54) is 16.7 Å². The number of amides is 1. The molecule has 5 aromatic rings. The fourth-order valence-corrected chi connectivity index (χ4v) is 5.35. The molecular weight excluding hydrogens is 529 g/mol. The second kappa shape index (κ2) is 10.1. The quantitative estimate of drug-likeness (QED) is 0.187. The molecule has 200 valence electrons. The third kappa shape index (κ3) is 5.49. The molecule has 0 saturated carbocycles. The molecule has 0 atom stereocenters. The Bertz CT molecular complexity index is 1750. The summed E-state index contributed by atoms with van der Waals surface area (Å²) < 4.78 is 43.1. The maximum absolute atomic E-state index is 13.7. The molecule has 1 amide bonds. The van der Waals surface area contributed by atoms with E-state index in [1.54, 1.807) is 0 Å². The zero-order valence-corrected chi connectivity index (χ0v) is 22.0. The Labute approximate surface area is 225 Å². The number of anilines is 1. The van der Waals surface area contributed by atoms with Crippen LogP contribution in [-0.2, 0) is 4.79 Å². The maximum Gasteiger partial charge on any atom is 0.573 e. The molecule has 11 heteroatoms. The lowest BCUT2D eigenvalue weighted by molar-refractivity contribution is -0.274. The summed E-state index contributed by atoms with van der Waals surface area (Å²) in [6.45, 7) is 5.81. The van der Waals surface area contributed by atoms with Crippen molar-refractivity contribution in [1.82, 2.24) is 14.5 Å². The van der Waals surface area contributed by atoms with Crippen molar-refractivity contribution in [3.8, 4) is 11.4 Å². The van der Waals surface area contributed by atoms with Crippen LogP contribution in [-0.4, -0.2) is 32.6 Å². The van der Waals surface area contributed by atoms with Crippen molar-refractivity contribution in [1.29, 1.82) is 0 Å². The van der Waals surface area contributed by atoms with Gasteiger partial charge in [-0.1, -0.05) is 47.7 Å². The van der Waals surface area contributed by atoms with Crippen LogP contribution in [0.15, 0.2) is 70.6 Å². The zero-order valence-electron chi connectivity index (χ0n) is 21.1. The lowest BCUT2D eigenvalue weighted by Crippen LogP contribution is -2.23. The lowest BCUT2D eigenvalue weighted by atomic mass is 10.1. The lowest BCUT2D eigenvalue weighted by Gasteiger charge is -2.15. The van der Waals surface area contributed by atoms with E-state index < -0.39 is 17.7 Å². The van der Waals surface area contributed by atoms with Gasteiger partial charge in [-0.25, -0.2) is 4.98 Å². The summed E-state index contributed by atoms with van der Waals surface area (Å²) >= 11 is 1.05. The number of benzene rings is 3. The van der Waals surface area contributed by atoms with Crippen molar-refractivity contribution in [3.63, 3.8) is 0 Å². The molecular formula is C28H23F3N4O3S. The number of aromatic amines is 1. The second-order valence-corrected chi connectivity index (χ2v) is 10.0. The monoisotopic (exact) mass is 552 g/mol. The third-order valence-corrected chi connectivity index (χ3v) is 7.04. The summed E-state index contributed by atoms with van der Waals surface area (Å²) in [6.07, 6.45) is -4.84. The second-order valence-electron chi connectivity index (χ2n) is 9.08. The van der Waals surface area contributed by atoms with Crippen molar-refractivity contribution in [2.75, 3.05) is 11.1 Å². The van der Waals surface area contributed by atoms with E-state index in [4.69, 9.17) is 4.98 Å². The highest BCUT2D eigenvalue weighted by Gasteiger charge is 2.31. The molecule has 2 N–H and O–H groups in total. The van der Waals surface area contributed by atoms with Gasteiger partial charge in [-0.05, 0) is 62.2 Å². The average molecular weight is 553 g/mol. The van der Waals surface area contributed by atoms with Crippen LogP contribution >= 0.6 is 11.8 Å². The van der Waals surface area contributed by atoms with Crippen LogP contribution < -0.4 is 15.6 Å². The van der Waals surface area contributed by atoms with E-state index in [9.17, 15) is 22.8 Å². The van der Waals surface area contributed by atoms with Crippen LogP contribution in [0.2, 0.25) is 0 Å². The van der Waals surface area contributed by atoms with Gasteiger partial charge in [0.05, 0.1) is 11.4 Å². The Kier molecular flexibility index (Phi) is 6.85. The molecule has 0 radical (unpaired) electrons. The highest BCUT2D eigenvalue weighted by atomic mass is 32.2. The fraction of sp³-hybridized carbons (Fsp3) is 0.179. The highest BCUT2D eigenvalue weighted by Crippen LogP contribution is 2.29. The first-order valence-electron chi connectivity index (χ1n) is 11.9. The van der Waals surface area contributed by atoms with E-state index in [0.29, 0.717) is 11.0 Å². The highest BCUT2D eigenvalue weighted by molar-refractivity contribution is 7.99. The van der Waals surface area contributed by atoms with Gasteiger partial charge < -0.3 is 15.0 Å². The molecule has 2 heterocycles. The minimum atomic E-state index is -4.84. The van der Waals surface area contributed by atoms with Crippen molar-refractivity contribution in [2.45, 2.75) is 32.3 Å². The molecule has 0 fully saturated rings. The number of H-pyrrole nitrogens is 1. The number of carbonyl (C=O) groups excluding carboxylic acids is 1. The molecule has 0 aliphatic heterocycles. The molecule has 0 aliphatic carbocycles. The predicted molar refractivity (Wildman–Crippen MR) is 146 cm³/mol. The number of nitrogens with one attached hydrogen (secondary N) is 2.